The van der Waals surface area contributed by atoms with Gasteiger partial charge in [-0.25, -0.2) is 0 Å². The van der Waals surface area contributed by atoms with Crippen LogP contribution in [0.25, 0.3) is 0 Å². The Morgan fingerprint density at radius 1 is 1.00 bits per heavy atom. The van der Waals surface area contributed by atoms with Gasteiger partial charge in [0.1, 0.15) is 5.04 Å². The highest BCUT2D eigenvalue weighted by molar-refractivity contribution is 8.09. The minimum Gasteiger partial charge on any atom is -0.324 e. The number of rotatable bonds is 12. The molecular weight excluding hydrogens is 254 g/mol. The van der Waals surface area contributed by atoms with Crippen LogP contribution in [0.3, 0.4) is 0 Å². The number of allylic oxidation sites excluding steroid dienone is 1. The normalized spacial score (nSPS) is 11.6. The zero-order valence-electron chi connectivity index (χ0n) is 12.7. The smallest absolute Gasteiger partial charge is 0.114 e. The zero-order chi connectivity index (χ0) is 14.3. The van der Waals surface area contributed by atoms with Gasteiger partial charge in [-0.15, -0.1) is 0 Å². The van der Waals surface area contributed by atoms with E-state index in [-0.39, 0.29) is 5.04 Å². The van der Waals surface area contributed by atoms with Gasteiger partial charge in [0.25, 0.3) is 0 Å². The summed E-state index contributed by atoms with van der Waals surface area (Å²) < 4.78 is 8.57. The fourth-order valence-corrected chi connectivity index (χ4v) is 2.25. The van der Waals surface area contributed by atoms with Crippen LogP contribution in [0.1, 0.15) is 78.1 Å². The van der Waals surface area contributed by atoms with Gasteiger partial charge in [0.15, 0.2) is 0 Å². The van der Waals surface area contributed by atoms with E-state index in [9.17, 15) is 0 Å². The maximum absolute atomic E-state index is 8.57. The highest BCUT2D eigenvalue weighted by Crippen LogP contribution is 2.13. The summed E-state index contributed by atoms with van der Waals surface area (Å²) in [5.74, 6) is 0.860. The number of nitrogens with one attached hydrogen (secondary N) is 1. The summed E-state index contributed by atoms with van der Waals surface area (Å²) in [5, 5.41) is 7.44. The average Bonchev–Trinajstić information content (AvgIpc) is 2.39. The predicted octanol–water partition coefficient (Wildman–Crippen LogP) is 6.28. The minimum absolute atomic E-state index is 0.224. The first-order chi connectivity index (χ1) is 9.16. The van der Waals surface area contributed by atoms with Crippen molar-refractivity contribution in [1.82, 2.24) is 0 Å². The molecule has 2 nitrogen and oxygen atoms in total. The number of hydrogen-bond donors (Lipinski definition) is 2. The molecule has 0 bridgehead atoms. The van der Waals surface area contributed by atoms with Gasteiger partial charge < -0.3 is 4.55 Å². The summed E-state index contributed by atoms with van der Waals surface area (Å²) in [7, 11) is 0. The van der Waals surface area contributed by atoms with Crippen molar-refractivity contribution in [3.8, 4) is 0 Å². The largest absolute Gasteiger partial charge is 0.324 e. The van der Waals surface area contributed by atoms with Crippen molar-refractivity contribution in [2.45, 2.75) is 78.1 Å². The number of hydrogen-bond acceptors (Lipinski definition) is 3. The quantitative estimate of drug-likeness (QED) is 0.192. The van der Waals surface area contributed by atoms with Crippen LogP contribution in [-0.4, -0.2) is 9.60 Å². The van der Waals surface area contributed by atoms with E-state index in [0.29, 0.717) is 12.0 Å². The van der Waals surface area contributed by atoms with E-state index in [1.807, 2.05) is 6.08 Å². The van der Waals surface area contributed by atoms with E-state index < -0.39 is 0 Å². The third-order valence-corrected chi connectivity index (χ3v) is 3.60. The molecule has 0 heterocycles. The fraction of sp³-hybridized carbons (Fsp3) is 0.812. The maximum atomic E-state index is 8.57. The summed E-state index contributed by atoms with van der Waals surface area (Å²) >= 11 is 0.504. The Morgan fingerprint density at radius 2 is 1.53 bits per heavy atom. The third kappa shape index (κ3) is 15.7. The summed E-state index contributed by atoms with van der Waals surface area (Å²) in [4.78, 5) is 0. The second-order valence-corrected chi connectivity index (χ2v) is 6.28. The standard InChI is InChI=1S/C16H31NOS/c1-15(2)13-11-9-7-5-3-4-6-8-10-12-14-16(17)19-18/h12,14-15,17-18H,3-11,13H2,1-2H3/b14-12+,17-16?. The lowest BCUT2D eigenvalue weighted by atomic mass is 10.0. The first kappa shape index (κ1) is 18.7. The second kappa shape index (κ2) is 14.1. The van der Waals surface area contributed by atoms with Crippen LogP contribution >= 0.6 is 12.0 Å². The van der Waals surface area contributed by atoms with Crippen molar-refractivity contribution in [2.24, 2.45) is 5.92 Å². The van der Waals surface area contributed by atoms with Crippen LogP contribution in [0.5, 0.6) is 0 Å². The van der Waals surface area contributed by atoms with Gasteiger partial charge in [0, 0.05) is 12.0 Å². The molecule has 0 aliphatic heterocycles. The topological polar surface area (TPSA) is 44.1 Å². The van der Waals surface area contributed by atoms with E-state index in [4.69, 9.17) is 9.96 Å². The van der Waals surface area contributed by atoms with Crippen molar-refractivity contribution >= 4 is 17.1 Å². The Hall–Kier alpha value is -0.280. The highest BCUT2D eigenvalue weighted by atomic mass is 32.2. The molecule has 0 atom stereocenters. The van der Waals surface area contributed by atoms with E-state index in [1.54, 1.807) is 6.08 Å². The van der Waals surface area contributed by atoms with E-state index in [2.05, 4.69) is 13.8 Å². The van der Waals surface area contributed by atoms with Gasteiger partial charge in [0.05, 0.1) is 0 Å². The molecule has 0 amide bonds. The molecule has 0 aromatic carbocycles. The molecule has 0 aromatic rings. The van der Waals surface area contributed by atoms with Crippen LogP contribution in [0, 0.1) is 11.3 Å². The monoisotopic (exact) mass is 285 g/mol. The Labute approximate surface area is 123 Å². The zero-order valence-corrected chi connectivity index (χ0v) is 13.5. The second-order valence-electron chi connectivity index (χ2n) is 5.66. The third-order valence-electron chi connectivity index (χ3n) is 3.27. The van der Waals surface area contributed by atoms with E-state index in [1.165, 1.54) is 57.8 Å². The van der Waals surface area contributed by atoms with Gasteiger partial charge >= 0.3 is 0 Å². The molecule has 112 valence electrons. The van der Waals surface area contributed by atoms with Crippen LogP contribution in [0.4, 0.5) is 0 Å². The molecule has 0 aliphatic carbocycles. The van der Waals surface area contributed by atoms with Gasteiger partial charge in [-0.3, -0.25) is 5.41 Å². The average molecular weight is 285 g/mol. The predicted molar refractivity (Wildman–Crippen MR) is 88.1 cm³/mol. The van der Waals surface area contributed by atoms with Crippen molar-refractivity contribution in [3.63, 3.8) is 0 Å². The van der Waals surface area contributed by atoms with Crippen molar-refractivity contribution in [3.05, 3.63) is 12.2 Å². The van der Waals surface area contributed by atoms with Crippen molar-refractivity contribution in [1.29, 1.82) is 5.41 Å². The van der Waals surface area contributed by atoms with Crippen molar-refractivity contribution < 1.29 is 4.55 Å². The van der Waals surface area contributed by atoms with Gasteiger partial charge in [-0.05, 0) is 24.8 Å². The number of unbranched alkanes of at least 4 members (excludes halogenated alkanes) is 8. The molecule has 0 unspecified atom stereocenters. The molecule has 3 heteroatoms. The highest BCUT2D eigenvalue weighted by Gasteiger charge is 1.95. The SMILES string of the molecule is CC(C)CCCCCCCCCC/C=C/C(=N)SO. The lowest BCUT2D eigenvalue weighted by molar-refractivity contribution is 0.507. The molecule has 0 saturated heterocycles. The molecule has 19 heavy (non-hydrogen) atoms. The van der Waals surface area contributed by atoms with Crippen LogP contribution < -0.4 is 0 Å². The maximum Gasteiger partial charge on any atom is 0.114 e. The Morgan fingerprint density at radius 3 is 2.05 bits per heavy atom. The Kier molecular flexibility index (Phi) is 13.9. The van der Waals surface area contributed by atoms with Gasteiger partial charge in [-0.1, -0.05) is 71.3 Å². The van der Waals surface area contributed by atoms with Gasteiger partial charge in [-0.2, -0.15) is 0 Å². The fourth-order valence-electron chi connectivity index (χ4n) is 2.10. The van der Waals surface area contributed by atoms with Crippen LogP contribution in [0.2, 0.25) is 0 Å². The minimum atomic E-state index is 0.224. The molecule has 0 rings (SSSR count). The van der Waals surface area contributed by atoms with Crippen molar-refractivity contribution in [2.75, 3.05) is 0 Å². The van der Waals surface area contributed by atoms with E-state index >= 15 is 0 Å². The van der Waals surface area contributed by atoms with Crippen LogP contribution in [-0.2, 0) is 0 Å². The summed E-state index contributed by atoms with van der Waals surface area (Å²) in [6.07, 6.45) is 16.9. The Bertz CT molecular complexity index is 239. The molecule has 0 radical (unpaired) electrons. The van der Waals surface area contributed by atoms with Gasteiger partial charge in [0.2, 0.25) is 0 Å². The molecule has 0 aromatic heterocycles. The first-order valence-corrected chi connectivity index (χ1v) is 8.50. The summed E-state index contributed by atoms with van der Waals surface area (Å²) in [6.45, 7) is 4.60. The molecule has 0 saturated carbocycles. The Balaban J connectivity index is 3.11. The summed E-state index contributed by atoms with van der Waals surface area (Å²) in [5.41, 5.74) is 0. The molecule has 0 spiro atoms. The molecule has 0 fully saturated rings. The molecular formula is C16H31NOS. The molecule has 0 aliphatic rings. The lowest BCUT2D eigenvalue weighted by Gasteiger charge is -2.04. The first-order valence-electron chi connectivity index (χ1n) is 7.73. The summed E-state index contributed by atoms with van der Waals surface area (Å²) in [6, 6.07) is 0. The van der Waals surface area contributed by atoms with E-state index in [0.717, 1.165) is 12.3 Å². The lowest BCUT2D eigenvalue weighted by Crippen LogP contribution is -1.87. The molecule has 2 N–H and O–H groups in total. The van der Waals surface area contributed by atoms with Crippen LogP contribution in [0.15, 0.2) is 12.2 Å².